The molecule has 0 saturated heterocycles. The van der Waals surface area contributed by atoms with Crippen molar-refractivity contribution in [2.24, 2.45) is 12.0 Å². The van der Waals surface area contributed by atoms with Crippen molar-refractivity contribution in [1.82, 2.24) is 25.4 Å². The lowest BCUT2D eigenvalue weighted by Gasteiger charge is -2.11. The molecular formula is C15H20N6O2. The maximum Gasteiger partial charge on any atom is 0.231 e. The van der Waals surface area contributed by atoms with Gasteiger partial charge in [0.15, 0.2) is 17.5 Å². The van der Waals surface area contributed by atoms with E-state index < -0.39 is 0 Å². The average Bonchev–Trinajstić information content (AvgIpc) is 3.19. The summed E-state index contributed by atoms with van der Waals surface area (Å²) in [6.45, 7) is 1.63. The Balaban J connectivity index is 1.46. The van der Waals surface area contributed by atoms with Gasteiger partial charge in [-0.1, -0.05) is 6.07 Å². The van der Waals surface area contributed by atoms with Gasteiger partial charge in [-0.05, 0) is 24.1 Å². The highest BCUT2D eigenvalue weighted by Crippen LogP contribution is 2.32. The first-order chi connectivity index (χ1) is 11.3. The Hall–Kier alpha value is -2.77. The molecule has 2 N–H and O–H groups in total. The van der Waals surface area contributed by atoms with Crippen molar-refractivity contribution < 1.29 is 9.47 Å². The minimum absolute atomic E-state index is 0.301. The second-order valence-corrected chi connectivity index (χ2v) is 5.09. The third-order valence-corrected chi connectivity index (χ3v) is 3.59. The molecule has 122 valence electrons. The zero-order chi connectivity index (χ0) is 16.1. The molecule has 0 unspecified atom stereocenters. The smallest absolute Gasteiger partial charge is 0.231 e. The molecule has 23 heavy (non-hydrogen) atoms. The predicted octanol–water partition coefficient (Wildman–Crippen LogP) is 0.452. The summed E-state index contributed by atoms with van der Waals surface area (Å²) in [7, 11) is 3.60. The Morgan fingerprint density at radius 2 is 2.17 bits per heavy atom. The van der Waals surface area contributed by atoms with Crippen LogP contribution in [0.25, 0.3) is 0 Å². The second-order valence-electron chi connectivity index (χ2n) is 5.09. The van der Waals surface area contributed by atoms with Gasteiger partial charge in [0.1, 0.15) is 12.2 Å². The van der Waals surface area contributed by atoms with E-state index in [-0.39, 0.29) is 0 Å². The van der Waals surface area contributed by atoms with Crippen molar-refractivity contribution in [3.05, 3.63) is 35.9 Å². The lowest BCUT2D eigenvalue weighted by Crippen LogP contribution is -2.38. The topological polar surface area (TPSA) is 85.6 Å². The van der Waals surface area contributed by atoms with Crippen molar-refractivity contribution in [2.75, 3.05) is 20.4 Å². The van der Waals surface area contributed by atoms with Gasteiger partial charge in [0, 0.05) is 20.6 Å². The van der Waals surface area contributed by atoms with Crippen LogP contribution in [0, 0.1) is 0 Å². The van der Waals surface area contributed by atoms with E-state index in [4.69, 9.17) is 9.47 Å². The van der Waals surface area contributed by atoms with Crippen molar-refractivity contribution in [2.45, 2.75) is 13.0 Å². The highest BCUT2D eigenvalue weighted by Gasteiger charge is 2.13. The van der Waals surface area contributed by atoms with E-state index in [0.29, 0.717) is 13.3 Å². The summed E-state index contributed by atoms with van der Waals surface area (Å²) in [5.41, 5.74) is 1.19. The van der Waals surface area contributed by atoms with Crippen LogP contribution in [0.3, 0.4) is 0 Å². The molecule has 0 amide bonds. The number of ether oxygens (including phenoxy) is 2. The molecule has 1 aromatic carbocycles. The van der Waals surface area contributed by atoms with Gasteiger partial charge < -0.3 is 20.1 Å². The average molecular weight is 316 g/mol. The highest BCUT2D eigenvalue weighted by atomic mass is 16.7. The quantitative estimate of drug-likeness (QED) is 0.615. The summed E-state index contributed by atoms with van der Waals surface area (Å²) in [4.78, 5) is 8.36. The molecule has 3 rings (SSSR count). The zero-order valence-corrected chi connectivity index (χ0v) is 13.2. The fourth-order valence-electron chi connectivity index (χ4n) is 2.29. The van der Waals surface area contributed by atoms with Gasteiger partial charge in [0.25, 0.3) is 0 Å². The summed E-state index contributed by atoms with van der Waals surface area (Å²) in [6.07, 6.45) is 2.40. The Morgan fingerprint density at radius 3 is 2.96 bits per heavy atom. The van der Waals surface area contributed by atoms with Crippen molar-refractivity contribution >= 4 is 5.96 Å². The minimum atomic E-state index is 0.301. The largest absolute Gasteiger partial charge is 0.454 e. The molecule has 1 aliphatic heterocycles. The first-order valence-electron chi connectivity index (χ1n) is 7.42. The number of rotatable bonds is 5. The number of hydrogen-bond acceptors (Lipinski definition) is 5. The van der Waals surface area contributed by atoms with E-state index in [2.05, 4.69) is 25.7 Å². The van der Waals surface area contributed by atoms with E-state index in [1.807, 2.05) is 25.2 Å². The predicted molar refractivity (Wildman–Crippen MR) is 85.5 cm³/mol. The molecule has 0 saturated carbocycles. The summed E-state index contributed by atoms with van der Waals surface area (Å²) in [6, 6.07) is 6.00. The first-order valence-corrected chi connectivity index (χ1v) is 7.42. The number of nitrogens with one attached hydrogen (secondary N) is 2. The monoisotopic (exact) mass is 316 g/mol. The Morgan fingerprint density at radius 1 is 1.30 bits per heavy atom. The van der Waals surface area contributed by atoms with Crippen LogP contribution in [0.2, 0.25) is 0 Å². The van der Waals surface area contributed by atoms with Crippen LogP contribution in [0.1, 0.15) is 11.4 Å². The third-order valence-electron chi connectivity index (χ3n) is 3.59. The van der Waals surface area contributed by atoms with Crippen molar-refractivity contribution in [3.63, 3.8) is 0 Å². The van der Waals surface area contributed by atoms with Gasteiger partial charge in [0.2, 0.25) is 6.79 Å². The highest BCUT2D eigenvalue weighted by molar-refractivity contribution is 5.79. The zero-order valence-electron chi connectivity index (χ0n) is 13.2. The molecule has 8 heteroatoms. The Bertz CT molecular complexity index is 697. The number of fused-ring (bicyclic) bond motifs is 1. The van der Waals surface area contributed by atoms with E-state index >= 15 is 0 Å². The van der Waals surface area contributed by atoms with Crippen molar-refractivity contribution in [3.8, 4) is 11.5 Å². The second kappa shape index (κ2) is 6.99. The molecule has 2 aromatic rings. The molecule has 0 aliphatic carbocycles. The maximum absolute atomic E-state index is 5.38. The molecule has 1 aliphatic rings. The molecule has 0 atom stereocenters. The van der Waals surface area contributed by atoms with Crippen LogP contribution in [0.15, 0.2) is 29.5 Å². The van der Waals surface area contributed by atoms with Crippen LogP contribution in [-0.2, 0) is 20.0 Å². The molecule has 8 nitrogen and oxygen atoms in total. The van der Waals surface area contributed by atoms with Gasteiger partial charge in [0.05, 0.1) is 6.54 Å². The third kappa shape index (κ3) is 3.71. The van der Waals surface area contributed by atoms with Crippen LogP contribution in [0.5, 0.6) is 11.5 Å². The molecule has 0 radical (unpaired) electrons. The summed E-state index contributed by atoms with van der Waals surface area (Å²) in [5.74, 6) is 3.20. The van der Waals surface area contributed by atoms with E-state index in [0.717, 1.165) is 36.2 Å². The van der Waals surface area contributed by atoms with E-state index in [1.54, 1.807) is 11.7 Å². The van der Waals surface area contributed by atoms with Crippen LogP contribution < -0.4 is 20.1 Å². The molecule has 0 spiro atoms. The molecule has 0 fully saturated rings. The van der Waals surface area contributed by atoms with Crippen LogP contribution in [-0.4, -0.2) is 41.1 Å². The number of hydrogen-bond donors (Lipinski definition) is 2. The summed E-state index contributed by atoms with van der Waals surface area (Å²) < 4.78 is 12.4. The van der Waals surface area contributed by atoms with Gasteiger partial charge >= 0.3 is 0 Å². The number of benzene rings is 1. The van der Waals surface area contributed by atoms with Gasteiger partial charge in [-0.15, -0.1) is 0 Å². The number of aliphatic imine (C=N–C) groups is 1. The Labute approximate surface area is 134 Å². The van der Waals surface area contributed by atoms with Gasteiger partial charge in [-0.2, -0.15) is 5.10 Å². The molecular weight excluding hydrogens is 296 g/mol. The summed E-state index contributed by atoms with van der Waals surface area (Å²) in [5, 5.41) is 10.5. The van der Waals surface area contributed by atoms with E-state index in [9.17, 15) is 0 Å². The lowest BCUT2D eigenvalue weighted by molar-refractivity contribution is 0.174. The maximum atomic E-state index is 5.38. The number of aromatic nitrogens is 3. The fraction of sp³-hybridized carbons (Fsp3) is 0.400. The number of nitrogens with zero attached hydrogens (tertiary/aromatic N) is 4. The molecule has 2 heterocycles. The normalized spacial score (nSPS) is 13.2. The SMILES string of the molecule is CN=C(NCCc1ccc2c(c1)OCO2)NCc1ncnn1C. The fourth-order valence-corrected chi connectivity index (χ4v) is 2.29. The van der Waals surface area contributed by atoms with Crippen molar-refractivity contribution in [1.29, 1.82) is 0 Å². The van der Waals surface area contributed by atoms with Gasteiger partial charge in [-0.25, -0.2) is 4.98 Å². The summed E-state index contributed by atoms with van der Waals surface area (Å²) >= 11 is 0. The molecule has 0 bridgehead atoms. The standard InChI is InChI=1S/C15H20N6O2/c1-16-15(18-8-14-19-9-20-21(14)2)17-6-5-11-3-4-12-13(7-11)23-10-22-12/h3-4,7,9H,5-6,8,10H2,1-2H3,(H2,16,17,18). The molecule has 1 aromatic heterocycles. The van der Waals surface area contributed by atoms with Crippen LogP contribution >= 0.6 is 0 Å². The number of aryl methyl sites for hydroxylation is 1. The lowest BCUT2D eigenvalue weighted by atomic mass is 10.1. The van der Waals surface area contributed by atoms with E-state index in [1.165, 1.54) is 11.9 Å². The van der Waals surface area contributed by atoms with Gasteiger partial charge in [-0.3, -0.25) is 9.67 Å². The number of guanidine groups is 1. The van der Waals surface area contributed by atoms with Crippen LogP contribution in [0.4, 0.5) is 0 Å². The minimum Gasteiger partial charge on any atom is -0.454 e. The Kier molecular flexibility index (Phi) is 4.60. The first kappa shape index (κ1) is 15.1.